The number of carbonyl (C=O) groups is 1. The van der Waals surface area contributed by atoms with E-state index in [9.17, 15) is 4.79 Å². The van der Waals surface area contributed by atoms with Crippen LogP contribution in [0.15, 0.2) is 71.5 Å². The van der Waals surface area contributed by atoms with E-state index >= 15 is 0 Å². The summed E-state index contributed by atoms with van der Waals surface area (Å²) in [6.45, 7) is 1.54. The number of anilines is 1. The Balaban J connectivity index is 1.27. The number of rotatable bonds is 6. The first kappa shape index (κ1) is 20.6. The predicted octanol–water partition coefficient (Wildman–Crippen LogP) is 3.69. The van der Waals surface area contributed by atoms with Gasteiger partial charge in [0.25, 0.3) is 5.89 Å². The molecule has 2 aromatic carbocycles. The van der Waals surface area contributed by atoms with Crippen LogP contribution in [0.3, 0.4) is 0 Å². The van der Waals surface area contributed by atoms with E-state index < -0.39 is 0 Å². The summed E-state index contributed by atoms with van der Waals surface area (Å²) in [7, 11) is 0. The molecule has 1 fully saturated rings. The Morgan fingerprint density at radius 1 is 1.06 bits per heavy atom. The van der Waals surface area contributed by atoms with Gasteiger partial charge >= 0.3 is 0 Å². The van der Waals surface area contributed by atoms with Crippen LogP contribution in [-0.2, 0) is 4.79 Å². The fraction of sp³-hybridized carbons (Fsp3) is 0.208. The fourth-order valence-electron chi connectivity index (χ4n) is 3.80. The highest BCUT2D eigenvalue weighted by Crippen LogP contribution is 2.27. The molecule has 5 rings (SSSR count). The first-order valence-electron chi connectivity index (χ1n) is 10.7. The smallest absolute Gasteiger partial charge is 0.258 e. The van der Waals surface area contributed by atoms with Crippen LogP contribution < -0.4 is 15.4 Å². The Morgan fingerprint density at radius 2 is 1.88 bits per heavy atom. The summed E-state index contributed by atoms with van der Waals surface area (Å²) in [4.78, 5) is 26.8. The number of piperidine rings is 1. The number of ether oxygens (including phenoxy) is 1. The molecule has 0 spiro atoms. The maximum Gasteiger partial charge on any atom is 0.258 e. The van der Waals surface area contributed by atoms with Crippen LogP contribution in [0.1, 0.15) is 12.8 Å². The van der Waals surface area contributed by atoms with Crippen LogP contribution in [0.5, 0.6) is 11.6 Å². The fourth-order valence-corrected chi connectivity index (χ4v) is 3.80. The number of hydrogen-bond donors (Lipinski definition) is 1. The van der Waals surface area contributed by atoms with Crippen LogP contribution in [0.2, 0.25) is 0 Å². The maximum absolute atomic E-state index is 11.5. The first-order chi connectivity index (χ1) is 16.2. The van der Waals surface area contributed by atoms with Gasteiger partial charge in [0, 0.05) is 24.3 Å². The minimum atomic E-state index is -0.238. The van der Waals surface area contributed by atoms with Gasteiger partial charge in [0.05, 0.1) is 18.3 Å². The van der Waals surface area contributed by atoms with Gasteiger partial charge < -0.3 is 19.9 Å². The highest BCUT2D eigenvalue weighted by Gasteiger charge is 2.24. The molecule has 2 aromatic heterocycles. The van der Waals surface area contributed by atoms with Gasteiger partial charge in [-0.2, -0.15) is 4.98 Å². The third-order valence-corrected chi connectivity index (χ3v) is 5.55. The average Bonchev–Trinajstić information content (AvgIpc) is 3.36. The number of nitrogens with two attached hydrogens (primary N) is 1. The molecule has 33 heavy (non-hydrogen) atoms. The van der Waals surface area contributed by atoms with Crippen molar-refractivity contribution in [2.45, 2.75) is 12.8 Å². The molecule has 1 unspecified atom stereocenters. The van der Waals surface area contributed by atoms with E-state index in [2.05, 4.69) is 25.0 Å². The standard InChI is InChI=1S/C24H22N6O3/c25-22(31)17-5-4-12-30(15-17)18-10-8-16(9-11-18)24-28-23(29-33-24)20-13-27-21(14-26-20)32-19-6-2-1-3-7-19/h1-3,6-11,13-14,17H,4-5,12,15H2,(H2,25,31). The number of para-hydroxylation sites is 1. The number of hydrogen-bond acceptors (Lipinski definition) is 8. The lowest BCUT2D eigenvalue weighted by atomic mass is 9.97. The number of amides is 1. The third kappa shape index (κ3) is 4.67. The minimum Gasteiger partial charge on any atom is -0.438 e. The molecule has 2 N–H and O–H groups in total. The Labute approximate surface area is 190 Å². The highest BCUT2D eigenvalue weighted by atomic mass is 16.5. The Hall–Kier alpha value is -4.27. The van der Waals surface area contributed by atoms with Crippen molar-refractivity contribution in [2.24, 2.45) is 11.7 Å². The summed E-state index contributed by atoms with van der Waals surface area (Å²) in [5.74, 6) is 1.44. The molecule has 0 aliphatic carbocycles. The molecule has 9 nitrogen and oxygen atoms in total. The second-order valence-corrected chi connectivity index (χ2v) is 7.81. The molecule has 9 heteroatoms. The molecule has 0 saturated carbocycles. The topological polar surface area (TPSA) is 120 Å². The summed E-state index contributed by atoms with van der Waals surface area (Å²) in [6, 6.07) is 17.2. The Morgan fingerprint density at radius 3 is 2.61 bits per heavy atom. The van der Waals surface area contributed by atoms with Gasteiger partial charge in [-0.1, -0.05) is 23.4 Å². The van der Waals surface area contributed by atoms with Crippen molar-refractivity contribution >= 4 is 11.6 Å². The molecule has 1 aliphatic rings. The zero-order valence-electron chi connectivity index (χ0n) is 17.8. The van der Waals surface area contributed by atoms with Gasteiger partial charge in [-0.3, -0.25) is 4.79 Å². The van der Waals surface area contributed by atoms with Crippen molar-refractivity contribution < 1.29 is 14.1 Å². The van der Waals surface area contributed by atoms with Crippen molar-refractivity contribution in [1.82, 2.24) is 20.1 Å². The molecular formula is C24H22N6O3. The summed E-state index contributed by atoms with van der Waals surface area (Å²) in [5.41, 5.74) is 7.79. The van der Waals surface area contributed by atoms with E-state index in [4.69, 9.17) is 15.0 Å². The second kappa shape index (κ2) is 9.07. The van der Waals surface area contributed by atoms with E-state index in [1.54, 1.807) is 6.20 Å². The van der Waals surface area contributed by atoms with Crippen LogP contribution in [0.25, 0.3) is 23.0 Å². The lowest BCUT2D eigenvalue weighted by Gasteiger charge is -2.33. The largest absolute Gasteiger partial charge is 0.438 e. The molecule has 1 aliphatic heterocycles. The summed E-state index contributed by atoms with van der Waals surface area (Å²) < 4.78 is 11.1. The normalized spacial score (nSPS) is 15.9. The van der Waals surface area contributed by atoms with Crippen molar-refractivity contribution in [2.75, 3.05) is 18.0 Å². The van der Waals surface area contributed by atoms with E-state index in [1.807, 2.05) is 54.6 Å². The van der Waals surface area contributed by atoms with Gasteiger partial charge in [0.2, 0.25) is 17.6 Å². The molecule has 1 atom stereocenters. The van der Waals surface area contributed by atoms with Crippen LogP contribution in [-0.4, -0.2) is 39.1 Å². The molecule has 3 heterocycles. The first-order valence-corrected chi connectivity index (χ1v) is 10.7. The van der Waals surface area contributed by atoms with Gasteiger partial charge in [-0.05, 0) is 49.2 Å². The molecule has 166 valence electrons. The van der Waals surface area contributed by atoms with E-state index in [1.165, 1.54) is 6.20 Å². The molecular weight excluding hydrogens is 420 g/mol. The van der Waals surface area contributed by atoms with Gasteiger partial charge in [-0.25, -0.2) is 9.97 Å². The summed E-state index contributed by atoms with van der Waals surface area (Å²) >= 11 is 0. The second-order valence-electron chi connectivity index (χ2n) is 7.81. The maximum atomic E-state index is 11.5. The van der Waals surface area contributed by atoms with Crippen LogP contribution in [0.4, 0.5) is 5.69 Å². The van der Waals surface area contributed by atoms with Crippen molar-refractivity contribution in [1.29, 1.82) is 0 Å². The third-order valence-electron chi connectivity index (χ3n) is 5.55. The Kier molecular flexibility index (Phi) is 5.67. The monoisotopic (exact) mass is 442 g/mol. The molecule has 1 amide bonds. The Bertz CT molecular complexity index is 1230. The molecule has 1 saturated heterocycles. The van der Waals surface area contributed by atoms with Gasteiger partial charge in [-0.15, -0.1) is 0 Å². The van der Waals surface area contributed by atoms with Crippen molar-refractivity contribution in [3.63, 3.8) is 0 Å². The number of carbonyl (C=O) groups excluding carboxylic acids is 1. The van der Waals surface area contributed by atoms with E-state index in [-0.39, 0.29) is 11.8 Å². The number of primary amides is 1. The molecule has 4 aromatic rings. The lowest BCUT2D eigenvalue weighted by Crippen LogP contribution is -2.41. The number of benzene rings is 2. The van der Waals surface area contributed by atoms with Crippen LogP contribution in [0, 0.1) is 5.92 Å². The molecule has 0 bridgehead atoms. The average molecular weight is 442 g/mol. The zero-order chi connectivity index (χ0) is 22.6. The lowest BCUT2D eigenvalue weighted by molar-refractivity contribution is -0.122. The van der Waals surface area contributed by atoms with Crippen LogP contribution >= 0.6 is 0 Å². The number of nitrogens with zero attached hydrogens (tertiary/aromatic N) is 5. The summed E-state index contributed by atoms with van der Waals surface area (Å²) in [5, 5.41) is 4.03. The van der Waals surface area contributed by atoms with E-state index in [0.29, 0.717) is 35.6 Å². The highest BCUT2D eigenvalue weighted by molar-refractivity contribution is 5.77. The van der Waals surface area contributed by atoms with Gasteiger partial charge in [0.15, 0.2) is 0 Å². The SMILES string of the molecule is NC(=O)C1CCCN(c2ccc(-c3nc(-c4cnc(Oc5ccccc5)cn4)no3)cc2)C1. The molecule has 0 radical (unpaired) electrons. The van der Waals surface area contributed by atoms with Crippen molar-refractivity contribution in [3.05, 3.63) is 67.0 Å². The number of aromatic nitrogens is 4. The predicted molar refractivity (Wildman–Crippen MR) is 121 cm³/mol. The van der Waals surface area contributed by atoms with Crippen molar-refractivity contribution in [3.8, 4) is 34.6 Å². The van der Waals surface area contributed by atoms with Gasteiger partial charge in [0.1, 0.15) is 11.4 Å². The zero-order valence-corrected chi connectivity index (χ0v) is 17.8. The quantitative estimate of drug-likeness (QED) is 0.480. The minimum absolute atomic E-state index is 0.109. The summed E-state index contributed by atoms with van der Waals surface area (Å²) in [6.07, 6.45) is 4.85. The van der Waals surface area contributed by atoms with E-state index in [0.717, 1.165) is 30.6 Å².